The normalized spacial score (nSPS) is 15.2. The Kier molecular flexibility index (Phi) is 7.31. The molecule has 0 spiro atoms. The molecule has 1 saturated heterocycles. The molecule has 1 atom stereocenters. The second-order valence-electron chi connectivity index (χ2n) is 8.32. The summed E-state index contributed by atoms with van der Waals surface area (Å²) in [5.74, 6) is -0.217. The van der Waals surface area contributed by atoms with Crippen molar-refractivity contribution in [2.45, 2.75) is 19.0 Å². The lowest BCUT2D eigenvalue weighted by Crippen LogP contribution is -3.13. The number of carbonyl (C=O) groups excluding carboxylic acids is 2. The van der Waals surface area contributed by atoms with Crippen LogP contribution in [0.3, 0.4) is 0 Å². The maximum atomic E-state index is 13.4. The lowest BCUT2D eigenvalue weighted by atomic mass is 10.0. The number of quaternary nitrogens is 1. The standard InChI is InChI=1S/C27H29N3O2/c31-26(24-14-8-3-9-15-24)28-25(20-22-10-4-1-5-11-22)27(32)30-18-16-29(17-19-30)21-23-12-6-2-7-13-23/h1-15,25H,16-21H2,(H,28,31)/p+1/t25-/m1/s1. The van der Waals surface area contributed by atoms with E-state index in [2.05, 4.69) is 29.6 Å². The minimum atomic E-state index is -0.583. The van der Waals surface area contributed by atoms with Gasteiger partial charge in [-0.05, 0) is 17.7 Å². The van der Waals surface area contributed by atoms with Gasteiger partial charge >= 0.3 is 0 Å². The smallest absolute Gasteiger partial charge is 0.251 e. The van der Waals surface area contributed by atoms with Gasteiger partial charge in [0.05, 0.1) is 26.2 Å². The van der Waals surface area contributed by atoms with Crippen LogP contribution in [0.4, 0.5) is 0 Å². The number of hydrogen-bond acceptors (Lipinski definition) is 2. The predicted octanol–water partition coefficient (Wildman–Crippen LogP) is 1.96. The Morgan fingerprint density at radius 1 is 0.781 bits per heavy atom. The van der Waals surface area contributed by atoms with E-state index in [0.29, 0.717) is 25.1 Å². The number of piperazine rings is 1. The third-order valence-electron chi connectivity index (χ3n) is 6.00. The molecule has 0 aliphatic carbocycles. The Hall–Kier alpha value is -3.44. The molecule has 2 N–H and O–H groups in total. The average molecular weight is 429 g/mol. The highest BCUT2D eigenvalue weighted by atomic mass is 16.2. The van der Waals surface area contributed by atoms with E-state index in [-0.39, 0.29) is 11.8 Å². The van der Waals surface area contributed by atoms with E-state index in [1.165, 1.54) is 10.5 Å². The molecule has 0 radical (unpaired) electrons. The van der Waals surface area contributed by atoms with Crippen LogP contribution in [-0.4, -0.2) is 48.9 Å². The molecule has 1 aliphatic rings. The fourth-order valence-electron chi connectivity index (χ4n) is 4.21. The number of nitrogens with zero attached hydrogens (tertiary/aromatic N) is 1. The van der Waals surface area contributed by atoms with Gasteiger partial charge in [0.2, 0.25) is 5.91 Å². The number of hydrogen-bond donors (Lipinski definition) is 2. The summed E-state index contributed by atoms with van der Waals surface area (Å²) in [6.45, 7) is 4.19. The van der Waals surface area contributed by atoms with E-state index in [9.17, 15) is 9.59 Å². The van der Waals surface area contributed by atoms with Crippen LogP contribution in [0.2, 0.25) is 0 Å². The average Bonchev–Trinajstić information content (AvgIpc) is 2.85. The van der Waals surface area contributed by atoms with Crippen LogP contribution in [0.15, 0.2) is 91.0 Å². The zero-order valence-corrected chi connectivity index (χ0v) is 18.2. The third-order valence-corrected chi connectivity index (χ3v) is 6.00. The molecule has 0 aromatic heterocycles. The van der Waals surface area contributed by atoms with Crippen molar-refractivity contribution >= 4 is 11.8 Å². The number of nitrogens with one attached hydrogen (secondary N) is 2. The SMILES string of the molecule is O=C(N[C@H](Cc1ccccc1)C(=O)N1CC[NH+](Cc2ccccc2)CC1)c1ccccc1. The molecule has 0 bridgehead atoms. The highest BCUT2D eigenvalue weighted by Crippen LogP contribution is 2.09. The molecule has 3 aromatic carbocycles. The van der Waals surface area contributed by atoms with Gasteiger partial charge in [-0.1, -0.05) is 78.9 Å². The van der Waals surface area contributed by atoms with Gasteiger partial charge in [-0.2, -0.15) is 0 Å². The van der Waals surface area contributed by atoms with Gasteiger partial charge in [-0.15, -0.1) is 0 Å². The molecule has 5 nitrogen and oxygen atoms in total. The molecular weight excluding hydrogens is 398 g/mol. The molecule has 0 saturated carbocycles. The van der Waals surface area contributed by atoms with Crippen molar-refractivity contribution in [1.82, 2.24) is 10.2 Å². The molecular formula is C27H30N3O2+. The molecule has 2 amide bonds. The third kappa shape index (κ3) is 5.83. The van der Waals surface area contributed by atoms with E-state index >= 15 is 0 Å². The fourth-order valence-corrected chi connectivity index (χ4v) is 4.21. The molecule has 4 rings (SSSR count). The maximum Gasteiger partial charge on any atom is 0.251 e. The minimum Gasteiger partial charge on any atom is -0.340 e. The Labute approximate surface area is 189 Å². The van der Waals surface area contributed by atoms with Gasteiger partial charge in [0, 0.05) is 17.5 Å². The minimum absolute atomic E-state index is 0.00287. The van der Waals surface area contributed by atoms with Crippen molar-refractivity contribution in [2.75, 3.05) is 26.2 Å². The highest BCUT2D eigenvalue weighted by molar-refractivity contribution is 5.97. The Bertz CT molecular complexity index is 1000. The topological polar surface area (TPSA) is 53.9 Å². The Morgan fingerprint density at radius 3 is 1.91 bits per heavy atom. The summed E-state index contributed by atoms with van der Waals surface area (Å²) in [5.41, 5.74) is 2.92. The van der Waals surface area contributed by atoms with E-state index in [1.54, 1.807) is 12.1 Å². The van der Waals surface area contributed by atoms with Crippen molar-refractivity contribution in [1.29, 1.82) is 0 Å². The quantitative estimate of drug-likeness (QED) is 0.605. The van der Waals surface area contributed by atoms with Crippen LogP contribution in [0, 0.1) is 0 Å². The fraction of sp³-hybridized carbons (Fsp3) is 0.259. The van der Waals surface area contributed by atoms with Crippen LogP contribution in [0.1, 0.15) is 21.5 Å². The first-order valence-electron chi connectivity index (χ1n) is 11.2. The van der Waals surface area contributed by atoms with Gasteiger partial charge in [0.15, 0.2) is 0 Å². The van der Waals surface area contributed by atoms with Crippen LogP contribution in [0.5, 0.6) is 0 Å². The molecule has 32 heavy (non-hydrogen) atoms. The number of benzene rings is 3. The molecule has 3 aromatic rings. The van der Waals surface area contributed by atoms with Crippen LogP contribution in [-0.2, 0) is 17.8 Å². The van der Waals surface area contributed by atoms with Crippen molar-refractivity contribution < 1.29 is 14.5 Å². The first kappa shape index (κ1) is 21.8. The summed E-state index contributed by atoms with van der Waals surface area (Å²) < 4.78 is 0. The van der Waals surface area contributed by atoms with Crippen molar-refractivity contribution in [2.24, 2.45) is 0 Å². The molecule has 164 valence electrons. The van der Waals surface area contributed by atoms with Crippen LogP contribution in [0.25, 0.3) is 0 Å². The Balaban J connectivity index is 1.41. The van der Waals surface area contributed by atoms with E-state index in [4.69, 9.17) is 0 Å². The Morgan fingerprint density at radius 2 is 1.31 bits per heavy atom. The lowest BCUT2D eigenvalue weighted by Gasteiger charge is -2.34. The predicted molar refractivity (Wildman–Crippen MR) is 125 cm³/mol. The van der Waals surface area contributed by atoms with Crippen LogP contribution < -0.4 is 10.2 Å². The van der Waals surface area contributed by atoms with Crippen molar-refractivity contribution in [3.8, 4) is 0 Å². The number of carbonyl (C=O) groups is 2. The van der Waals surface area contributed by atoms with Crippen LogP contribution >= 0.6 is 0 Å². The summed E-state index contributed by atoms with van der Waals surface area (Å²) in [5, 5.41) is 2.99. The van der Waals surface area contributed by atoms with Crippen molar-refractivity contribution in [3.63, 3.8) is 0 Å². The van der Waals surface area contributed by atoms with E-state index < -0.39 is 6.04 Å². The first-order chi connectivity index (χ1) is 15.7. The second-order valence-corrected chi connectivity index (χ2v) is 8.32. The van der Waals surface area contributed by atoms with Gasteiger partial charge in [0.25, 0.3) is 5.91 Å². The highest BCUT2D eigenvalue weighted by Gasteiger charge is 2.30. The second kappa shape index (κ2) is 10.7. The number of amides is 2. The first-order valence-corrected chi connectivity index (χ1v) is 11.2. The summed E-state index contributed by atoms with van der Waals surface area (Å²) in [6.07, 6.45) is 0.481. The van der Waals surface area contributed by atoms with Gasteiger partial charge in [-0.3, -0.25) is 9.59 Å². The molecule has 1 aliphatic heterocycles. The summed E-state index contributed by atoms with van der Waals surface area (Å²) in [6, 6.07) is 28.8. The maximum absolute atomic E-state index is 13.4. The zero-order valence-electron chi connectivity index (χ0n) is 18.2. The van der Waals surface area contributed by atoms with Crippen molar-refractivity contribution in [3.05, 3.63) is 108 Å². The van der Waals surface area contributed by atoms with E-state index in [1.807, 2.05) is 59.5 Å². The molecule has 1 heterocycles. The largest absolute Gasteiger partial charge is 0.340 e. The monoisotopic (exact) mass is 428 g/mol. The lowest BCUT2D eigenvalue weighted by molar-refractivity contribution is -0.917. The van der Waals surface area contributed by atoms with Gasteiger partial charge in [-0.25, -0.2) is 0 Å². The van der Waals surface area contributed by atoms with E-state index in [0.717, 1.165) is 25.2 Å². The van der Waals surface area contributed by atoms with Gasteiger partial charge < -0.3 is 15.1 Å². The molecule has 1 fully saturated rings. The summed E-state index contributed by atoms with van der Waals surface area (Å²) in [4.78, 5) is 29.6. The van der Waals surface area contributed by atoms with Gasteiger partial charge in [0.1, 0.15) is 12.6 Å². The molecule has 0 unspecified atom stereocenters. The summed E-state index contributed by atoms with van der Waals surface area (Å²) in [7, 11) is 0. The zero-order chi connectivity index (χ0) is 22.2. The number of rotatable bonds is 7. The molecule has 5 heteroatoms. The summed E-state index contributed by atoms with van der Waals surface area (Å²) >= 11 is 0.